The van der Waals surface area contributed by atoms with Crippen molar-refractivity contribution in [2.24, 2.45) is 5.14 Å². The van der Waals surface area contributed by atoms with Crippen molar-refractivity contribution in [2.45, 2.75) is 11.4 Å². The highest BCUT2D eigenvalue weighted by Gasteiger charge is 2.23. The third kappa shape index (κ3) is 5.08. The highest BCUT2D eigenvalue weighted by molar-refractivity contribution is 7.89. The Morgan fingerprint density at radius 3 is 2.41 bits per heavy atom. The Labute approximate surface area is 167 Å². The number of carbonyl (C=O) groups is 1. The van der Waals surface area contributed by atoms with Gasteiger partial charge >= 0.3 is 0 Å². The van der Waals surface area contributed by atoms with E-state index in [4.69, 9.17) is 9.88 Å². The summed E-state index contributed by atoms with van der Waals surface area (Å²) >= 11 is 0. The number of hydrogen-bond acceptors (Lipinski definition) is 7. The lowest BCUT2D eigenvalue weighted by molar-refractivity contribution is -0.384. The van der Waals surface area contributed by atoms with E-state index >= 15 is 0 Å². The van der Waals surface area contributed by atoms with Gasteiger partial charge in [0.2, 0.25) is 10.0 Å². The maximum atomic E-state index is 12.4. The van der Waals surface area contributed by atoms with Crippen molar-refractivity contribution in [3.05, 3.63) is 63.7 Å². The predicted octanol–water partition coefficient (Wildman–Crippen LogP) is 1.01. The summed E-state index contributed by atoms with van der Waals surface area (Å²) in [5, 5.41) is 19.2. The largest absolute Gasteiger partial charge is 0.378 e. The molecule has 154 valence electrons. The Morgan fingerprint density at radius 2 is 1.83 bits per heavy atom. The van der Waals surface area contributed by atoms with E-state index in [0.29, 0.717) is 37.6 Å². The molecule has 3 rings (SSSR count). The van der Waals surface area contributed by atoms with E-state index in [-0.39, 0.29) is 22.7 Å². The lowest BCUT2D eigenvalue weighted by atomic mass is 10.1. The Kier molecular flexibility index (Phi) is 6.11. The number of amides is 1. The van der Waals surface area contributed by atoms with Gasteiger partial charge in [0.05, 0.1) is 23.0 Å². The van der Waals surface area contributed by atoms with Gasteiger partial charge in [-0.1, -0.05) is 12.1 Å². The quantitative estimate of drug-likeness (QED) is 0.524. The van der Waals surface area contributed by atoms with Crippen molar-refractivity contribution in [3.8, 4) is 0 Å². The molecule has 1 aliphatic heterocycles. The molecule has 2 aromatic rings. The summed E-state index contributed by atoms with van der Waals surface area (Å²) in [6.07, 6.45) is 0. The molecule has 1 saturated heterocycles. The smallest absolute Gasteiger partial charge is 0.293 e. The normalized spacial score (nSPS) is 14.4. The first-order valence-corrected chi connectivity index (χ1v) is 10.3. The van der Waals surface area contributed by atoms with Crippen LogP contribution in [0.25, 0.3) is 0 Å². The number of rotatable bonds is 6. The number of hydrogen-bond donors (Lipinski definition) is 2. The van der Waals surface area contributed by atoms with Crippen molar-refractivity contribution in [3.63, 3.8) is 0 Å². The number of carbonyl (C=O) groups excluding carboxylic acids is 1. The minimum absolute atomic E-state index is 0.0260. The molecular weight excluding hydrogens is 400 g/mol. The molecule has 0 aromatic heterocycles. The molecule has 11 heteroatoms. The van der Waals surface area contributed by atoms with Gasteiger partial charge in [0.1, 0.15) is 5.69 Å². The molecule has 10 nitrogen and oxygen atoms in total. The summed E-state index contributed by atoms with van der Waals surface area (Å²) < 4.78 is 27.8. The van der Waals surface area contributed by atoms with Crippen molar-refractivity contribution in [1.82, 2.24) is 5.32 Å². The fourth-order valence-corrected chi connectivity index (χ4v) is 3.48. The van der Waals surface area contributed by atoms with Gasteiger partial charge in [-0.25, -0.2) is 13.6 Å². The second-order valence-electron chi connectivity index (χ2n) is 6.43. The number of nitro benzene ring substituents is 1. The third-order valence-electron chi connectivity index (χ3n) is 4.49. The summed E-state index contributed by atoms with van der Waals surface area (Å²) in [5.74, 6) is -0.475. The summed E-state index contributed by atoms with van der Waals surface area (Å²) in [6, 6.07) is 10.1. The lowest BCUT2D eigenvalue weighted by Gasteiger charge is -2.28. The van der Waals surface area contributed by atoms with Crippen LogP contribution in [0.5, 0.6) is 0 Å². The average Bonchev–Trinajstić information content (AvgIpc) is 2.72. The van der Waals surface area contributed by atoms with Gasteiger partial charge in [0, 0.05) is 31.3 Å². The molecule has 1 fully saturated rings. The summed E-state index contributed by atoms with van der Waals surface area (Å²) in [6.45, 7) is 2.19. The monoisotopic (exact) mass is 420 g/mol. The number of sulfonamides is 1. The van der Waals surface area contributed by atoms with Crippen molar-refractivity contribution < 1.29 is 22.9 Å². The van der Waals surface area contributed by atoms with Crippen LogP contribution in [0.1, 0.15) is 15.9 Å². The van der Waals surface area contributed by atoms with Crippen molar-refractivity contribution >= 4 is 27.3 Å². The number of nitro groups is 1. The average molecular weight is 420 g/mol. The predicted molar refractivity (Wildman–Crippen MR) is 105 cm³/mol. The molecule has 0 aliphatic carbocycles. The SMILES string of the molecule is NS(=O)(=O)c1ccc(CNC(=O)c2ccc(N3CCOCC3)c([N+](=O)[O-])c2)cc1. The molecule has 0 saturated carbocycles. The number of morpholine rings is 1. The first-order chi connectivity index (χ1) is 13.8. The number of primary sulfonamides is 1. The van der Waals surface area contributed by atoms with E-state index in [0.717, 1.165) is 0 Å². The van der Waals surface area contributed by atoms with Gasteiger partial charge in [-0.2, -0.15) is 0 Å². The molecule has 1 aliphatic rings. The first-order valence-electron chi connectivity index (χ1n) is 8.77. The Balaban J connectivity index is 1.72. The zero-order chi connectivity index (χ0) is 21.0. The molecule has 1 heterocycles. The lowest BCUT2D eigenvalue weighted by Crippen LogP contribution is -2.36. The van der Waals surface area contributed by atoms with Crippen LogP contribution in [-0.4, -0.2) is 45.6 Å². The maximum Gasteiger partial charge on any atom is 0.293 e. The fraction of sp³-hybridized carbons (Fsp3) is 0.278. The van der Waals surface area contributed by atoms with Gasteiger partial charge in [0.25, 0.3) is 11.6 Å². The van der Waals surface area contributed by atoms with Crippen LogP contribution < -0.4 is 15.4 Å². The number of nitrogens with zero attached hydrogens (tertiary/aromatic N) is 2. The van der Waals surface area contributed by atoms with Gasteiger partial charge < -0.3 is 15.0 Å². The molecule has 0 bridgehead atoms. The highest BCUT2D eigenvalue weighted by atomic mass is 32.2. The minimum Gasteiger partial charge on any atom is -0.378 e. The third-order valence-corrected chi connectivity index (χ3v) is 5.42. The Bertz CT molecular complexity index is 1020. The second-order valence-corrected chi connectivity index (χ2v) is 7.99. The van der Waals surface area contributed by atoms with Gasteiger partial charge in [0.15, 0.2) is 0 Å². The summed E-state index contributed by atoms with van der Waals surface area (Å²) in [7, 11) is -3.78. The van der Waals surface area contributed by atoms with Crippen LogP contribution in [0, 0.1) is 10.1 Å². The molecule has 0 unspecified atom stereocenters. The molecule has 1 amide bonds. The molecular formula is C18H20N4O6S. The van der Waals surface area contributed by atoms with Gasteiger partial charge in [-0.3, -0.25) is 14.9 Å². The second kappa shape index (κ2) is 8.55. The van der Waals surface area contributed by atoms with Crippen LogP contribution in [0.15, 0.2) is 47.4 Å². The topological polar surface area (TPSA) is 145 Å². The minimum atomic E-state index is -3.78. The van der Waals surface area contributed by atoms with Crippen molar-refractivity contribution in [1.29, 1.82) is 0 Å². The van der Waals surface area contributed by atoms with Crippen molar-refractivity contribution in [2.75, 3.05) is 31.2 Å². The number of anilines is 1. The molecule has 2 aromatic carbocycles. The number of benzene rings is 2. The zero-order valence-electron chi connectivity index (χ0n) is 15.4. The van der Waals surface area contributed by atoms with Crippen LogP contribution in [0.4, 0.5) is 11.4 Å². The molecule has 0 spiro atoms. The first kappa shape index (κ1) is 20.7. The van der Waals surface area contributed by atoms with E-state index in [2.05, 4.69) is 5.32 Å². The van der Waals surface area contributed by atoms with Crippen LogP contribution in [-0.2, 0) is 21.3 Å². The summed E-state index contributed by atoms with van der Waals surface area (Å²) in [5.41, 5.74) is 1.13. The molecule has 29 heavy (non-hydrogen) atoms. The zero-order valence-corrected chi connectivity index (χ0v) is 16.2. The molecule has 0 atom stereocenters. The standard InChI is InChI=1S/C18H20N4O6S/c19-29(26,27)15-4-1-13(2-5-15)12-20-18(23)14-3-6-16(17(11-14)22(24)25)21-7-9-28-10-8-21/h1-6,11H,7-10,12H2,(H,20,23)(H2,19,26,27). The Hall–Kier alpha value is -3.02. The fourth-order valence-electron chi connectivity index (χ4n) is 2.96. The van der Waals surface area contributed by atoms with Gasteiger partial charge in [-0.05, 0) is 29.8 Å². The van der Waals surface area contributed by atoms with E-state index in [1.807, 2.05) is 4.90 Å². The van der Waals surface area contributed by atoms with Crippen LogP contribution >= 0.6 is 0 Å². The molecule has 0 radical (unpaired) electrons. The maximum absolute atomic E-state index is 12.4. The van der Waals surface area contributed by atoms with E-state index < -0.39 is 20.9 Å². The van der Waals surface area contributed by atoms with Crippen LogP contribution in [0.2, 0.25) is 0 Å². The van der Waals surface area contributed by atoms with Gasteiger partial charge in [-0.15, -0.1) is 0 Å². The molecule has 3 N–H and O–H groups in total. The highest BCUT2D eigenvalue weighted by Crippen LogP contribution is 2.30. The number of nitrogens with one attached hydrogen (secondary N) is 1. The summed E-state index contributed by atoms with van der Waals surface area (Å²) in [4.78, 5) is 25.2. The van der Waals surface area contributed by atoms with E-state index in [9.17, 15) is 23.3 Å². The van der Waals surface area contributed by atoms with Crippen LogP contribution in [0.3, 0.4) is 0 Å². The van der Waals surface area contributed by atoms with E-state index in [1.54, 1.807) is 6.07 Å². The number of ether oxygens (including phenoxy) is 1. The Morgan fingerprint density at radius 1 is 1.17 bits per heavy atom. The number of nitrogens with two attached hydrogens (primary N) is 1. The van der Waals surface area contributed by atoms with E-state index in [1.165, 1.54) is 36.4 Å².